The number of anilines is 1. The molecular formula is C16H20N2O6S. The number of hydrogen-bond acceptors (Lipinski definition) is 6. The van der Waals surface area contributed by atoms with Crippen molar-refractivity contribution in [1.82, 2.24) is 4.90 Å². The van der Waals surface area contributed by atoms with Crippen LogP contribution >= 0.6 is 0 Å². The molecule has 136 valence electrons. The first-order chi connectivity index (χ1) is 11.7. The average Bonchev–Trinajstić information content (AvgIpc) is 2.94. The highest BCUT2D eigenvalue weighted by molar-refractivity contribution is 7.91. The molecule has 1 atom stereocenters. The van der Waals surface area contributed by atoms with Crippen molar-refractivity contribution in [3.63, 3.8) is 0 Å². The third kappa shape index (κ3) is 4.56. The lowest BCUT2D eigenvalue weighted by atomic mass is 10.1. The summed E-state index contributed by atoms with van der Waals surface area (Å²) < 4.78 is 28.0. The van der Waals surface area contributed by atoms with E-state index in [-0.39, 0.29) is 29.4 Å². The van der Waals surface area contributed by atoms with E-state index in [2.05, 4.69) is 5.32 Å². The van der Waals surface area contributed by atoms with Gasteiger partial charge >= 0.3 is 17.8 Å². The van der Waals surface area contributed by atoms with Crippen LogP contribution in [0.2, 0.25) is 0 Å². The maximum absolute atomic E-state index is 12.3. The summed E-state index contributed by atoms with van der Waals surface area (Å²) in [6.45, 7) is 1.84. The third-order valence-electron chi connectivity index (χ3n) is 3.94. The van der Waals surface area contributed by atoms with Crippen LogP contribution in [0, 0.1) is 0 Å². The van der Waals surface area contributed by atoms with Crippen LogP contribution in [0.15, 0.2) is 24.3 Å². The molecule has 1 saturated heterocycles. The lowest BCUT2D eigenvalue weighted by Gasteiger charge is -2.22. The van der Waals surface area contributed by atoms with Gasteiger partial charge in [0.2, 0.25) is 0 Å². The number of benzene rings is 1. The Morgan fingerprint density at radius 1 is 1.28 bits per heavy atom. The highest BCUT2D eigenvalue weighted by atomic mass is 32.2. The fraction of sp³-hybridized carbons (Fsp3) is 0.438. The lowest BCUT2D eigenvalue weighted by Crippen LogP contribution is -2.44. The Bertz CT molecular complexity index is 790. The number of hydrogen-bond donors (Lipinski definition) is 1. The summed E-state index contributed by atoms with van der Waals surface area (Å²) in [6, 6.07) is 5.65. The van der Waals surface area contributed by atoms with E-state index in [4.69, 9.17) is 4.74 Å². The smallest absolute Gasteiger partial charge is 0.340 e. The number of carbonyl (C=O) groups is 3. The van der Waals surface area contributed by atoms with Gasteiger partial charge in [-0.15, -0.1) is 0 Å². The quantitative estimate of drug-likeness (QED) is 0.610. The molecule has 1 aliphatic rings. The van der Waals surface area contributed by atoms with Crippen molar-refractivity contribution >= 4 is 33.3 Å². The summed E-state index contributed by atoms with van der Waals surface area (Å²) in [7, 11) is -1.78. The van der Waals surface area contributed by atoms with Crippen molar-refractivity contribution in [3.8, 4) is 0 Å². The molecule has 0 aliphatic carbocycles. The van der Waals surface area contributed by atoms with Crippen LogP contribution in [0.4, 0.5) is 5.69 Å². The number of amides is 2. The van der Waals surface area contributed by atoms with E-state index in [0.29, 0.717) is 6.42 Å². The number of carbonyl (C=O) groups excluding carboxylic acids is 3. The molecule has 1 heterocycles. The second kappa shape index (κ2) is 7.64. The summed E-state index contributed by atoms with van der Waals surface area (Å²) >= 11 is 0. The van der Waals surface area contributed by atoms with E-state index in [1.54, 1.807) is 19.1 Å². The van der Waals surface area contributed by atoms with E-state index in [9.17, 15) is 22.8 Å². The number of nitrogens with one attached hydrogen (secondary N) is 1. The van der Waals surface area contributed by atoms with Gasteiger partial charge in [-0.2, -0.15) is 0 Å². The molecule has 2 amide bonds. The molecule has 1 fully saturated rings. The summed E-state index contributed by atoms with van der Waals surface area (Å²) in [5.41, 5.74) is 0.295. The van der Waals surface area contributed by atoms with Crippen LogP contribution in [0.25, 0.3) is 0 Å². The largest absolute Gasteiger partial charge is 0.462 e. The fourth-order valence-electron chi connectivity index (χ4n) is 2.56. The van der Waals surface area contributed by atoms with Crippen molar-refractivity contribution in [2.24, 2.45) is 0 Å². The van der Waals surface area contributed by atoms with Crippen LogP contribution in [0.1, 0.15) is 23.7 Å². The predicted molar refractivity (Wildman–Crippen MR) is 90.9 cm³/mol. The maximum Gasteiger partial charge on any atom is 0.340 e. The lowest BCUT2D eigenvalue weighted by molar-refractivity contribution is -0.143. The van der Waals surface area contributed by atoms with Crippen LogP contribution in [-0.4, -0.2) is 62.3 Å². The first-order valence-corrected chi connectivity index (χ1v) is 9.62. The summed E-state index contributed by atoms with van der Waals surface area (Å²) in [4.78, 5) is 37.5. The number of sulfone groups is 1. The highest BCUT2D eigenvalue weighted by Crippen LogP contribution is 2.19. The third-order valence-corrected chi connectivity index (χ3v) is 5.69. The summed E-state index contributed by atoms with van der Waals surface area (Å²) in [5.74, 6) is -2.56. The van der Waals surface area contributed by atoms with Crippen LogP contribution in [-0.2, 0) is 24.2 Å². The van der Waals surface area contributed by atoms with Gasteiger partial charge in [0.1, 0.15) is 0 Å². The Morgan fingerprint density at radius 3 is 2.56 bits per heavy atom. The van der Waals surface area contributed by atoms with E-state index >= 15 is 0 Å². The zero-order valence-electron chi connectivity index (χ0n) is 14.0. The minimum atomic E-state index is -3.17. The number of nitrogens with zero attached hydrogens (tertiary/aromatic N) is 1. The molecule has 25 heavy (non-hydrogen) atoms. The SMILES string of the molecule is CCOC(=O)c1ccccc1NC(=O)C(=O)N(C)C1CCS(=O)(=O)C1. The zero-order chi connectivity index (χ0) is 18.6. The van der Waals surface area contributed by atoms with E-state index in [0.717, 1.165) is 4.90 Å². The minimum absolute atomic E-state index is 0.00258. The Hall–Kier alpha value is -2.42. The van der Waals surface area contributed by atoms with Gasteiger partial charge in [-0.3, -0.25) is 9.59 Å². The monoisotopic (exact) mass is 368 g/mol. The van der Waals surface area contributed by atoms with Crippen molar-refractivity contribution in [2.45, 2.75) is 19.4 Å². The maximum atomic E-state index is 12.3. The second-order valence-electron chi connectivity index (χ2n) is 5.69. The Kier molecular flexibility index (Phi) is 5.78. The van der Waals surface area contributed by atoms with Gasteiger partial charge in [0.05, 0.1) is 29.4 Å². The molecule has 0 aromatic heterocycles. The molecule has 0 spiro atoms. The molecule has 0 bridgehead atoms. The van der Waals surface area contributed by atoms with Gasteiger partial charge in [0.25, 0.3) is 0 Å². The molecular weight excluding hydrogens is 348 g/mol. The Balaban J connectivity index is 2.09. The van der Waals surface area contributed by atoms with Crippen molar-refractivity contribution in [3.05, 3.63) is 29.8 Å². The first-order valence-electron chi connectivity index (χ1n) is 7.80. The molecule has 1 unspecified atom stereocenters. The molecule has 0 saturated carbocycles. The average molecular weight is 368 g/mol. The van der Waals surface area contributed by atoms with Gasteiger partial charge in [0, 0.05) is 13.1 Å². The molecule has 1 aliphatic heterocycles. The highest BCUT2D eigenvalue weighted by Gasteiger charge is 2.34. The molecule has 8 nitrogen and oxygen atoms in total. The molecule has 0 radical (unpaired) electrons. The number of rotatable bonds is 4. The molecule has 1 aromatic carbocycles. The fourth-order valence-corrected chi connectivity index (χ4v) is 4.34. The number of para-hydroxylation sites is 1. The Labute approximate surface area is 146 Å². The van der Waals surface area contributed by atoms with Crippen molar-refractivity contribution < 1.29 is 27.5 Å². The number of likely N-dealkylation sites (N-methyl/N-ethyl adjacent to an activating group) is 1. The zero-order valence-corrected chi connectivity index (χ0v) is 14.8. The predicted octanol–water partition coefficient (Wildman–Crippen LogP) is 0.447. The van der Waals surface area contributed by atoms with Crippen molar-refractivity contribution in [1.29, 1.82) is 0 Å². The molecule has 9 heteroatoms. The summed E-state index contributed by atoms with van der Waals surface area (Å²) in [6.07, 6.45) is 0.303. The normalized spacial score (nSPS) is 18.4. The van der Waals surface area contributed by atoms with Crippen molar-refractivity contribution in [2.75, 3.05) is 30.5 Å². The van der Waals surface area contributed by atoms with Crippen LogP contribution < -0.4 is 5.32 Å². The topological polar surface area (TPSA) is 110 Å². The number of esters is 1. The first kappa shape index (κ1) is 18.9. The van der Waals surface area contributed by atoms with E-state index < -0.39 is 33.7 Å². The van der Waals surface area contributed by atoms with Gasteiger partial charge in [-0.05, 0) is 25.5 Å². The van der Waals surface area contributed by atoms with Gasteiger partial charge in [0.15, 0.2) is 9.84 Å². The van der Waals surface area contributed by atoms with Gasteiger partial charge < -0.3 is 15.0 Å². The minimum Gasteiger partial charge on any atom is -0.462 e. The van der Waals surface area contributed by atoms with Crippen LogP contribution in [0.3, 0.4) is 0 Å². The van der Waals surface area contributed by atoms with Crippen LogP contribution in [0.5, 0.6) is 0 Å². The summed E-state index contributed by atoms with van der Waals surface area (Å²) in [5, 5.41) is 2.39. The van der Waals surface area contributed by atoms with Gasteiger partial charge in [-0.25, -0.2) is 13.2 Å². The van der Waals surface area contributed by atoms with E-state index in [1.165, 1.54) is 19.2 Å². The molecule has 1 N–H and O–H groups in total. The molecule has 1 aromatic rings. The Morgan fingerprint density at radius 2 is 1.96 bits per heavy atom. The second-order valence-corrected chi connectivity index (χ2v) is 7.92. The number of ether oxygens (including phenoxy) is 1. The standard InChI is InChI=1S/C16H20N2O6S/c1-3-24-16(21)12-6-4-5-7-13(12)17-14(19)15(20)18(2)11-8-9-25(22,23)10-11/h4-7,11H,3,8-10H2,1-2H3,(H,17,19). The molecule has 2 rings (SSSR count). The van der Waals surface area contributed by atoms with Gasteiger partial charge in [-0.1, -0.05) is 12.1 Å². The van der Waals surface area contributed by atoms with E-state index in [1.807, 2.05) is 0 Å².